The molecule has 0 fully saturated rings. The van der Waals surface area contributed by atoms with Crippen LogP contribution < -0.4 is 4.74 Å². The molecule has 3 rings (SSSR count). The Morgan fingerprint density at radius 2 is 2.12 bits per heavy atom. The van der Waals surface area contributed by atoms with Crippen LogP contribution in [0.15, 0.2) is 30.3 Å². The molecule has 0 bridgehead atoms. The third-order valence-electron chi connectivity index (χ3n) is 3.83. The quantitative estimate of drug-likeness (QED) is 0.633. The van der Waals surface area contributed by atoms with Crippen LogP contribution >= 0.6 is 11.3 Å². The van der Waals surface area contributed by atoms with Crippen molar-refractivity contribution in [2.45, 2.75) is 0 Å². The van der Waals surface area contributed by atoms with Crippen molar-refractivity contribution >= 4 is 27.5 Å². The smallest absolute Gasteiger partial charge is 0.348 e. The van der Waals surface area contributed by atoms with Gasteiger partial charge < -0.3 is 14.4 Å². The minimum absolute atomic E-state index is 0.292. The van der Waals surface area contributed by atoms with E-state index in [1.54, 1.807) is 11.8 Å². The molecule has 25 heavy (non-hydrogen) atoms. The van der Waals surface area contributed by atoms with E-state index >= 15 is 0 Å². The number of fused-ring (bicyclic) bond motifs is 1. The van der Waals surface area contributed by atoms with Crippen LogP contribution in [0.1, 0.15) is 9.67 Å². The van der Waals surface area contributed by atoms with Gasteiger partial charge in [-0.3, -0.25) is 4.68 Å². The first kappa shape index (κ1) is 17.4. The van der Waals surface area contributed by atoms with Crippen LogP contribution in [0.3, 0.4) is 0 Å². The number of esters is 1. The number of likely N-dealkylation sites (N-methyl/N-ethyl adjacent to an activating group) is 1. The highest BCUT2D eigenvalue weighted by molar-refractivity contribution is 7.20. The summed E-state index contributed by atoms with van der Waals surface area (Å²) in [6, 6.07) is 9.60. The van der Waals surface area contributed by atoms with Crippen LogP contribution in [0.25, 0.3) is 21.5 Å². The second-order valence-corrected chi connectivity index (χ2v) is 7.00. The molecule has 1 aromatic carbocycles. The lowest BCUT2D eigenvalue weighted by atomic mass is 10.1. The van der Waals surface area contributed by atoms with Crippen LogP contribution in [-0.2, 0) is 11.8 Å². The van der Waals surface area contributed by atoms with Crippen molar-refractivity contribution in [2.24, 2.45) is 7.05 Å². The van der Waals surface area contributed by atoms with Gasteiger partial charge in [0.1, 0.15) is 27.8 Å². The van der Waals surface area contributed by atoms with Crippen molar-refractivity contribution in [1.82, 2.24) is 14.7 Å². The summed E-state index contributed by atoms with van der Waals surface area (Å²) in [6.45, 7) is 1.08. The van der Waals surface area contributed by atoms with Gasteiger partial charge in [0.05, 0.1) is 7.11 Å². The standard InChI is InChI=1S/C18H21N3O3S/c1-20(2)8-9-24-18(22)15-11-14-16(19-21(3)17(14)25-15)12-6-5-7-13(10-12)23-4/h5-7,10-11H,8-9H2,1-4H3. The number of aryl methyl sites for hydroxylation is 1. The number of benzene rings is 1. The van der Waals surface area contributed by atoms with E-state index in [1.165, 1.54) is 11.3 Å². The minimum Gasteiger partial charge on any atom is -0.497 e. The molecule has 0 amide bonds. The lowest BCUT2D eigenvalue weighted by Gasteiger charge is -2.08. The fourth-order valence-electron chi connectivity index (χ4n) is 2.52. The first-order valence-corrected chi connectivity index (χ1v) is 8.74. The number of thiophene rings is 1. The number of methoxy groups -OCH3 is 1. The summed E-state index contributed by atoms with van der Waals surface area (Å²) in [5.74, 6) is 0.481. The van der Waals surface area contributed by atoms with Crippen molar-refractivity contribution in [3.63, 3.8) is 0 Å². The number of hydrogen-bond donors (Lipinski definition) is 0. The van der Waals surface area contributed by atoms with Gasteiger partial charge in [-0.1, -0.05) is 12.1 Å². The van der Waals surface area contributed by atoms with Crippen molar-refractivity contribution < 1.29 is 14.3 Å². The summed E-state index contributed by atoms with van der Waals surface area (Å²) in [5.41, 5.74) is 1.79. The maximum atomic E-state index is 12.3. The van der Waals surface area contributed by atoms with Gasteiger partial charge in [0.2, 0.25) is 0 Å². The van der Waals surface area contributed by atoms with Crippen LogP contribution in [0, 0.1) is 0 Å². The number of ether oxygens (including phenoxy) is 2. The van der Waals surface area contributed by atoms with Crippen molar-refractivity contribution in [2.75, 3.05) is 34.4 Å². The molecule has 0 saturated carbocycles. The van der Waals surface area contributed by atoms with E-state index in [2.05, 4.69) is 5.10 Å². The Kier molecular flexibility index (Phi) is 5.06. The molecule has 3 aromatic rings. The lowest BCUT2D eigenvalue weighted by Crippen LogP contribution is -2.19. The highest BCUT2D eigenvalue weighted by atomic mass is 32.1. The average Bonchev–Trinajstić information content (AvgIpc) is 3.15. The summed E-state index contributed by atoms with van der Waals surface area (Å²) in [4.78, 5) is 15.8. The Bertz CT molecular complexity index is 898. The second-order valence-electron chi connectivity index (χ2n) is 5.97. The SMILES string of the molecule is COc1cccc(-c2nn(C)c3sc(C(=O)OCCN(C)C)cc23)c1. The molecule has 0 aliphatic heterocycles. The zero-order chi connectivity index (χ0) is 18.0. The molecule has 7 heteroatoms. The number of hydrogen-bond acceptors (Lipinski definition) is 6. The number of carbonyl (C=O) groups is 1. The minimum atomic E-state index is -0.292. The van der Waals surface area contributed by atoms with E-state index in [0.29, 0.717) is 18.0 Å². The molecule has 0 spiro atoms. The normalized spacial score (nSPS) is 11.2. The van der Waals surface area contributed by atoms with Gasteiger partial charge in [-0.05, 0) is 32.3 Å². The van der Waals surface area contributed by atoms with Crippen molar-refractivity contribution in [3.05, 3.63) is 35.2 Å². The molecule has 0 aliphatic rings. The predicted octanol–water partition coefficient (Wildman–Crippen LogP) is 3.03. The first-order chi connectivity index (χ1) is 12.0. The summed E-state index contributed by atoms with van der Waals surface area (Å²) in [5, 5.41) is 5.54. The van der Waals surface area contributed by atoms with Gasteiger partial charge in [-0.15, -0.1) is 11.3 Å². The molecule has 2 aromatic heterocycles. The fraction of sp³-hybridized carbons (Fsp3) is 0.333. The van der Waals surface area contributed by atoms with Gasteiger partial charge >= 0.3 is 5.97 Å². The number of nitrogens with zero attached hydrogens (tertiary/aromatic N) is 3. The van der Waals surface area contributed by atoms with E-state index in [-0.39, 0.29) is 5.97 Å². The van der Waals surface area contributed by atoms with Crippen molar-refractivity contribution in [1.29, 1.82) is 0 Å². The van der Waals surface area contributed by atoms with E-state index < -0.39 is 0 Å². The van der Waals surface area contributed by atoms with Gasteiger partial charge in [0, 0.05) is 24.5 Å². The number of aromatic nitrogens is 2. The summed E-state index contributed by atoms with van der Waals surface area (Å²) in [7, 11) is 7.40. The third kappa shape index (κ3) is 3.67. The fourth-order valence-corrected chi connectivity index (χ4v) is 3.48. The van der Waals surface area contributed by atoms with Crippen LogP contribution in [0.2, 0.25) is 0 Å². The third-order valence-corrected chi connectivity index (χ3v) is 5.01. The number of rotatable bonds is 6. The van der Waals surface area contributed by atoms with E-state index in [4.69, 9.17) is 9.47 Å². The largest absolute Gasteiger partial charge is 0.497 e. The monoisotopic (exact) mass is 359 g/mol. The Morgan fingerprint density at radius 3 is 2.84 bits per heavy atom. The Balaban J connectivity index is 1.91. The first-order valence-electron chi connectivity index (χ1n) is 7.92. The molecule has 0 radical (unpaired) electrons. The van der Waals surface area contributed by atoms with Gasteiger partial charge in [0.15, 0.2) is 0 Å². The maximum Gasteiger partial charge on any atom is 0.348 e. The molecular weight excluding hydrogens is 338 g/mol. The molecule has 132 valence electrons. The highest BCUT2D eigenvalue weighted by Gasteiger charge is 2.19. The maximum absolute atomic E-state index is 12.3. The average molecular weight is 359 g/mol. The molecule has 6 nitrogen and oxygen atoms in total. The van der Waals surface area contributed by atoms with Crippen LogP contribution in [-0.4, -0.2) is 55.0 Å². The summed E-state index contributed by atoms with van der Waals surface area (Å²) < 4.78 is 12.4. The predicted molar refractivity (Wildman–Crippen MR) is 99.4 cm³/mol. The molecule has 0 atom stereocenters. The zero-order valence-electron chi connectivity index (χ0n) is 14.8. The molecule has 0 unspecified atom stereocenters. The van der Waals surface area contributed by atoms with Gasteiger partial charge in [-0.2, -0.15) is 5.10 Å². The molecule has 0 aliphatic carbocycles. The molecule has 0 saturated heterocycles. The van der Waals surface area contributed by atoms with E-state index in [9.17, 15) is 4.79 Å². The van der Waals surface area contributed by atoms with Gasteiger partial charge in [-0.25, -0.2) is 4.79 Å². The van der Waals surface area contributed by atoms with Gasteiger partial charge in [0.25, 0.3) is 0 Å². The Labute approximate surface area is 150 Å². The Morgan fingerprint density at radius 1 is 1.32 bits per heavy atom. The molecule has 2 heterocycles. The topological polar surface area (TPSA) is 56.6 Å². The Hall–Kier alpha value is -2.38. The molecule has 0 N–H and O–H groups in total. The van der Waals surface area contributed by atoms with E-state index in [0.717, 1.165) is 27.2 Å². The number of carbonyl (C=O) groups excluding carboxylic acids is 1. The van der Waals surface area contributed by atoms with Crippen LogP contribution in [0.5, 0.6) is 5.75 Å². The second kappa shape index (κ2) is 7.25. The van der Waals surface area contributed by atoms with Crippen molar-refractivity contribution in [3.8, 4) is 17.0 Å². The van der Waals surface area contributed by atoms with E-state index in [1.807, 2.05) is 56.4 Å². The summed E-state index contributed by atoms with van der Waals surface area (Å²) >= 11 is 1.40. The van der Waals surface area contributed by atoms with Crippen LogP contribution in [0.4, 0.5) is 0 Å². The molecular formula is C18H21N3O3S. The zero-order valence-corrected chi connectivity index (χ0v) is 15.6. The highest BCUT2D eigenvalue weighted by Crippen LogP contribution is 2.34. The lowest BCUT2D eigenvalue weighted by molar-refractivity contribution is 0.0487. The summed E-state index contributed by atoms with van der Waals surface area (Å²) in [6.07, 6.45) is 0.